The molecule has 0 amide bonds. The zero-order valence-electron chi connectivity index (χ0n) is 20.9. The van der Waals surface area contributed by atoms with Gasteiger partial charge in [0.1, 0.15) is 0 Å². The number of rotatable bonds is 11. The fourth-order valence-corrected chi connectivity index (χ4v) is 7.29. The van der Waals surface area contributed by atoms with Gasteiger partial charge in [-0.25, -0.2) is 0 Å². The first-order valence-electron chi connectivity index (χ1n) is 14.2. The minimum atomic E-state index is -0.0120. The molecule has 0 heterocycles. The number of nitriles is 1. The van der Waals surface area contributed by atoms with Gasteiger partial charge in [-0.3, -0.25) is 0 Å². The van der Waals surface area contributed by atoms with E-state index in [1.54, 1.807) is 0 Å². The molecule has 0 aromatic carbocycles. The van der Waals surface area contributed by atoms with Crippen LogP contribution in [-0.2, 0) is 4.74 Å². The molecule has 0 unspecified atom stereocenters. The van der Waals surface area contributed by atoms with Crippen molar-refractivity contribution in [1.29, 1.82) is 5.26 Å². The van der Waals surface area contributed by atoms with E-state index in [-0.39, 0.29) is 5.41 Å². The molecule has 0 saturated heterocycles. The summed E-state index contributed by atoms with van der Waals surface area (Å²) in [5.74, 6) is 3.52. The van der Waals surface area contributed by atoms with E-state index in [0.717, 1.165) is 30.8 Å². The SMILES string of the molecule is CCCCCCCC1CCC(C2CCC(C#N)(C3CCC(OCCC)CC3)CC2)CC1. The lowest BCUT2D eigenvalue weighted by Gasteiger charge is -2.45. The normalized spacial score (nSPS) is 36.7. The number of ether oxygens (including phenoxy) is 1. The van der Waals surface area contributed by atoms with E-state index in [0.29, 0.717) is 12.0 Å². The van der Waals surface area contributed by atoms with Gasteiger partial charge in [-0.2, -0.15) is 5.26 Å². The number of hydrogen-bond donors (Lipinski definition) is 0. The van der Waals surface area contributed by atoms with E-state index in [1.165, 1.54) is 116 Å². The molecule has 178 valence electrons. The maximum absolute atomic E-state index is 10.2. The van der Waals surface area contributed by atoms with Gasteiger partial charge in [-0.15, -0.1) is 0 Å². The quantitative estimate of drug-likeness (QED) is 0.307. The highest BCUT2D eigenvalue weighted by Crippen LogP contribution is 2.52. The number of hydrogen-bond acceptors (Lipinski definition) is 2. The van der Waals surface area contributed by atoms with Crippen molar-refractivity contribution in [3.8, 4) is 6.07 Å². The fourth-order valence-electron chi connectivity index (χ4n) is 7.29. The standard InChI is InChI=1S/C29H51NO/c1-3-5-6-7-8-9-24-10-12-25(13-11-24)26-18-20-29(23-30,21-19-26)27-14-16-28(17-15-27)31-22-4-2/h24-28H,3-22H2,1-2H3. The maximum Gasteiger partial charge on any atom is 0.0692 e. The first kappa shape index (κ1) is 25.1. The largest absolute Gasteiger partial charge is 0.378 e. The maximum atomic E-state index is 10.2. The van der Waals surface area contributed by atoms with Gasteiger partial charge < -0.3 is 4.74 Å². The first-order chi connectivity index (χ1) is 15.2. The second-order valence-electron chi connectivity index (χ2n) is 11.4. The summed E-state index contributed by atoms with van der Waals surface area (Å²) in [6.45, 7) is 5.40. The Hall–Kier alpha value is -0.550. The third kappa shape index (κ3) is 7.22. The monoisotopic (exact) mass is 429 g/mol. The van der Waals surface area contributed by atoms with Gasteiger partial charge in [0.25, 0.3) is 0 Å². The summed E-state index contributed by atoms with van der Waals surface area (Å²) in [4.78, 5) is 0. The van der Waals surface area contributed by atoms with Crippen LogP contribution < -0.4 is 0 Å². The van der Waals surface area contributed by atoms with Crippen LogP contribution in [0.25, 0.3) is 0 Å². The Balaban J connectivity index is 1.37. The Morgan fingerprint density at radius 2 is 1.39 bits per heavy atom. The second-order valence-corrected chi connectivity index (χ2v) is 11.4. The summed E-state index contributed by atoms with van der Waals surface area (Å²) in [7, 11) is 0. The van der Waals surface area contributed by atoms with Crippen LogP contribution in [0.4, 0.5) is 0 Å². The molecule has 0 aliphatic heterocycles. The van der Waals surface area contributed by atoms with Gasteiger partial charge in [-0.1, -0.05) is 65.2 Å². The third-order valence-corrected chi connectivity index (χ3v) is 9.43. The molecular weight excluding hydrogens is 378 g/mol. The summed E-state index contributed by atoms with van der Waals surface area (Å²) < 4.78 is 6.00. The van der Waals surface area contributed by atoms with Gasteiger partial charge in [-0.05, 0) is 94.3 Å². The molecule has 0 N–H and O–H groups in total. The highest BCUT2D eigenvalue weighted by Gasteiger charge is 2.44. The average Bonchev–Trinajstić information content (AvgIpc) is 2.83. The van der Waals surface area contributed by atoms with E-state index in [1.807, 2.05) is 0 Å². The summed E-state index contributed by atoms with van der Waals surface area (Å²) in [5.41, 5.74) is -0.0120. The first-order valence-corrected chi connectivity index (χ1v) is 14.2. The molecule has 0 bridgehead atoms. The van der Waals surface area contributed by atoms with Crippen molar-refractivity contribution in [1.82, 2.24) is 0 Å². The third-order valence-electron chi connectivity index (χ3n) is 9.43. The molecule has 2 heteroatoms. The van der Waals surface area contributed by atoms with Gasteiger partial charge in [0.05, 0.1) is 17.6 Å². The highest BCUT2D eigenvalue weighted by atomic mass is 16.5. The van der Waals surface area contributed by atoms with E-state index >= 15 is 0 Å². The van der Waals surface area contributed by atoms with Crippen molar-refractivity contribution in [2.24, 2.45) is 29.1 Å². The van der Waals surface area contributed by atoms with Crippen LogP contribution in [0.3, 0.4) is 0 Å². The Bertz CT molecular complexity index is 513. The van der Waals surface area contributed by atoms with Crippen molar-refractivity contribution in [2.45, 2.75) is 142 Å². The lowest BCUT2D eigenvalue weighted by atomic mass is 9.58. The fraction of sp³-hybridized carbons (Fsp3) is 0.966. The smallest absolute Gasteiger partial charge is 0.0692 e. The molecule has 3 fully saturated rings. The second kappa shape index (κ2) is 13.2. The highest BCUT2D eigenvalue weighted by molar-refractivity contribution is 5.06. The van der Waals surface area contributed by atoms with E-state index in [2.05, 4.69) is 19.9 Å². The average molecular weight is 430 g/mol. The molecule has 3 saturated carbocycles. The van der Waals surface area contributed by atoms with Crippen molar-refractivity contribution >= 4 is 0 Å². The summed E-state index contributed by atoms with van der Waals surface area (Å²) in [6.07, 6.45) is 25.9. The lowest BCUT2D eigenvalue weighted by molar-refractivity contribution is -0.00696. The minimum Gasteiger partial charge on any atom is -0.378 e. The Morgan fingerprint density at radius 3 is 2.00 bits per heavy atom. The molecule has 2 nitrogen and oxygen atoms in total. The van der Waals surface area contributed by atoms with Crippen LogP contribution in [0.5, 0.6) is 0 Å². The molecule has 0 aromatic heterocycles. The molecule has 3 rings (SSSR count). The van der Waals surface area contributed by atoms with Crippen LogP contribution in [0, 0.1) is 40.4 Å². The minimum absolute atomic E-state index is 0.0120. The predicted octanol–water partition coefficient (Wildman–Crippen LogP) is 8.84. The van der Waals surface area contributed by atoms with E-state index in [4.69, 9.17) is 4.74 Å². The van der Waals surface area contributed by atoms with Crippen LogP contribution >= 0.6 is 0 Å². The van der Waals surface area contributed by atoms with Crippen molar-refractivity contribution in [3.63, 3.8) is 0 Å². The Labute approximate surface area is 193 Å². The van der Waals surface area contributed by atoms with Crippen molar-refractivity contribution < 1.29 is 4.74 Å². The van der Waals surface area contributed by atoms with Gasteiger partial charge >= 0.3 is 0 Å². The van der Waals surface area contributed by atoms with Gasteiger partial charge in [0, 0.05) is 6.61 Å². The molecule has 3 aliphatic rings. The van der Waals surface area contributed by atoms with Gasteiger partial charge in [0.15, 0.2) is 0 Å². The lowest BCUT2D eigenvalue weighted by Crippen LogP contribution is -2.38. The summed E-state index contributed by atoms with van der Waals surface area (Å²) >= 11 is 0. The number of nitrogens with zero attached hydrogens (tertiary/aromatic N) is 1. The van der Waals surface area contributed by atoms with Crippen molar-refractivity contribution in [3.05, 3.63) is 0 Å². The summed E-state index contributed by atoms with van der Waals surface area (Å²) in [5, 5.41) is 10.2. The van der Waals surface area contributed by atoms with Gasteiger partial charge in [0.2, 0.25) is 0 Å². The number of unbranched alkanes of at least 4 members (excludes halogenated alkanes) is 4. The predicted molar refractivity (Wildman–Crippen MR) is 131 cm³/mol. The topological polar surface area (TPSA) is 33.0 Å². The molecular formula is C29H51NO. The van der Waals surface area contributed by atoms with E-state index < -0.39 is 0 Å². The molecule has 0 atom stereocenters. The molecule has 0 radical (unpaired) electrons. The zero-order chi connectivity index (χ0) is 21.9. The summed E-state index contributed by atoms with van der Waals surface area (Å²) in [6, 6.07) is 2.87. The molecule has 0 aromatic rings. The Kier molecular flexibility index (Phi) is 10.7. The van der Waals surface area contributed by atoms with Crippen molar-refractivity contribution in [2.75, 3.05) is 6.61 Å². The van der Waals surface area contributed by atoms with Crippen LogP contribution in [0.15, 0.2) is 0 Å². The van der Waals surface area contributed by atoms with Crippen LogP contribution in [0.1, 0.15) is 136 Å². The zero-order valence-corrected chi connectivity index (χ0v) is 20.9. The van der Waals surface area contributed by atoms with Crippen LogP contribution in [-0.4, -0.2) is 12.7 Å². The van der Waals surface area contributed by atoms with Crippen LogP contribution in [0.2, 0.25) is 0 Å². The Morgan fingerprint density at radius 1 is 0.742 bits per heavy atom. The molecule has 0 spiro atoms. The van der Waals surface area contributed by atoms with E-state index in [9.17, 15) is 5.26 Å². The molecule has 3 aliphatic carbocycles. The molecule has 31 heavy (non-hydrogen) atoms.